The third-order valence-corrected chi connectivity index (χ3v) is 4.74. The topological polar surface area (TPSA) is 15.3 Å². The number of aryl methyl sites for hydroxylation is 1. The fourth-order valence-electron chi connectivity index (χ4n) is 3.70. The minimum Gasteiger partial charge on any atom is -0.317 e. The van der Waals surface area contributed by atoms with Crippen LogP contribution in [0.1, 0.15) is 42.9 Å². The minimum absolute atomic E-state index is 0.676. The van der Waals surface area contributed by atoms with Crippen LogP contribution in [0.2, 0.25) is 0 Å². The summed E-state index contributed by atoms with van der Waals surface area (Å²) in [6.07, 6.45) is 5.42. The Labute approximate surface area is 117 Å². The summed E-state index contributed by atoms with van der Waals surface area (Å²) in [5.74, 6) is 0.909. The molecule has 1 N–H and O–H groups in total. The molecular weight excluding hydrogens is 232 g/mol. The standard InChI is InChI=1S/C17H26N2/c1-14-4-2-5-16(12-14)17-6-3-11-19(17)13-15-7-9-18-10-8-15/h2,4-5,12,15,17-18H,3,6-11,13H2,1H3. The largest absolute Gasteiger partial charge is 0.317 e. The van der Waals surface area contributed by atoms with Crippen molar-refractivity contribution in [2.75, 3.05) is 26.2 Å². The van der Waals surface area contributed by atoms with Crippen molar-refractivity contribution in [3.63, 3.8) is 0 Å². The molecule has 0 bridgehead atoms. The van der Waals surface area contributed by atoms with Gasteiger partial charge in [0.2, 0.25) is 0 Å². The van der Waals surface area contributed by atoms with E-state index in [0.29, 0.717) is 6.04 Å². The SMILES string of the molecule is Cc1cccc(C2CCCN2CC2CCNCC2)c1. The summed E-state index contributed by atoms with van der Waals surface area (Å²) in [6.45, 7) is 7.24. The van der Waals surface area contributed by atoms with Crippen LogP contribution in [-0.2, 0) is 0 Å². The molecule has 0 aliphatic carbocycles. The maximum atomic E-state index is 3.47. The zero-order valence-corrected chi connectivity index (χ0v) is 12.1. The number of piperidine rings is 1. The Bertz CT molecular complexity index is 409. The fraction of sp³-hybridized carbons (Fsp3) is 0.647. The van der Waals surface area contributed by atoms with Gasteiger partial charge in [0.25, 0.3) is 0 Å². The second-order valence-corrected chi connectivity index (χ2v) is 6.26. The van der Waals surface area contributed by atoms with Crippen molar-refractivity contribution >= 4 is 0 Å². The molecule has 2 fully saturated rings. The zero-order chi connectivity index (χ0) is 13.1. The summed E-state index contributed by atoms with van der Waals surface area (Å²) < 4.78 is 0. The number of rotatable bonds is 3. The second kappa shape index (κ2) is 6.06. The predicted octanol–water partition coefficient (Wildman–Crippen LogP) is 3.13. The first-order valence-corrected chi connectivity index (χ1v) is 7.84. The van der Waals surface area contributed by atoms with Crippen molar-refractivity contribution < 1.29 is 0 Å². The van der Waals surface area contributed by atoms with Crippen molar-refractivity contribution in [1.29, 1.82) is 0 Å². The summed E-state index contributed by atoms with van der Waals surface area (Å²) in [4.78, 5) is 2.74. The quantitative estimate of drug-likeness (QED) is 0.896. The van der Waals surface area contributed by atoms with Gasteiger partial charge in [-0.15, -0.1) is 0 Å². The maximum Gasteiger partial charge on any atom is 0.0348 e. The minimum atomic E-state index is 0.676. The van der Waals surface area contributed by atoms with Gasteiger partial charge in [-0.05, 0) is 63.7 Å². The van der Waals surface area contributed by atoms with E-state index in [1.165, 1.54) is 63.0 Å². The molecule has 1 atom stereocenters. The van der Waals surface area contributed by atoms with Crippen LogP contribution < -0.4 is 5.32 Å². The van der Waals surface area contributed by atoms with Crippen molar-refractivity contribution in [3.05, 3.63) is 35.4 Å². The van der Waals surface area contributed by atoms with Crippen molar-refractivity contribution in [2.24, 2.45) is 5.92 Å². The molecule has 0 aromatic heterocycles. The maximum absolute atomic E-state index is 3.47. The molecule has 2 aliphatic rings. The monoisotopic (exact) mass is 258 g/mol. The molecule has 2 saturated heterocycles. The van der Waals surface area contributed by atoms with Gasteiger partial charge < -0.3 is 5.32 Å². The Balaban J connectivity index is 1.67. The van der Waals surface area contributed by atoms with E-state index in [1.54, 1.807) is 0 Å². The average molecular weight is 258 g/mol. The van der Waals surface area contributed by atoms with Crippen LogP contribution in [0.4, 0.5) is 0 Å². The lowest BCUT2D eigenvalue weighted by Gasteiger charge is -2.31. The molecule has 19 heavy (non-hydrogen) atoms. The van der Waals surface area contributed by atoms with E-state index in [1.807, 2.05) is 0 Å². The summed E-state index contributed by atoms with van der Waals surface area (Å²) in [6, 6.07) is 9.79. The van der Waals surface area contributed by atoms with E-state index >= 15 is 0 Å². The molecule has 1 unspecified atom stereocenters. The molecular formula is C17H26N2. The summed E-state index contributed by atoms with van der Waals surface area (Å²) in [7, 11) is 0. The lowest BCUT2D eigenvalue weighted by molar-refractivity contribution is 0.193. The molecule has 0 radical (unpaired) electrons. The molecule has 1 aromatic rings. The van der Waals surface area contributed by atoms with Crippen LogP contribution >= 0.6 is 0 Å². The van der Waals surface area contributed by atoms with E-state index in [2.05, 4.69) is 41.4 Å². The second-order valence-electron chi connectivity index (χ2n) is 6.26. The van der Waals surface area contributed by atoms with E-state index in [9.17, 15) is 0 Å². The van der Waals surface area contributed by atoms with Crippen molar-refractivity contribution in [2.45, 2.75) is 38.6 Å². The molecule has 0 amide bonds. The highest BCUT2D eigenvalue weighted by molar-refractivity contribution is 5.25. The highest BCUT2D eigenvalue weighted by atomic mass is 15.2. The Morgan fingerprint density at radius 1 is 1.21 bits per heavy atom. The first kappa shape index (κ1) is 13.1. The molecule has 2 heterocycles. The average Bonchev–Trinajstić information content (AvgIpc) is 2.88. The van der Waals surface area contributed by atoms with Gasteiger partial charge in [-0.3, -0.25) is 4.90 Å². The third-order valence-electron chi connectivity index (χ3n) is 4.74. The van der Waals surface area contributed by atoms with Gasteiger partial charge in [0.15, 0.2) is 0 Å². The third kappa shape index (κ3) is 3.18. The van der Waals surface area contributed by atoms with Crippen molar-refractivity contribution in [1.82, 2.24) is 10.2 Å². The van der Waals surface area contributed by atoms with E-state index < -0.39 is 0 Å². The molecule has 3 rings (SSSR count). The molecule has 2 heteroatoms. The molecule has 1 aromatic carbocycles. The summed E-state index contributed by atoms with van der Waals surface area (Å²) >= 11 is 0. The summed E-state index contributed by atoms with van der Waals surface area (Å²) in [5, 5.41) is 3.47. The van der Waals surface area contributed by atoms with Crippen LogP contribution in [0, 0.1) is 12.8 Å². The molecule has 0 spiro atoms. The fourth-order valence-corrected chi connectivity index (χ4v) is 3.70. The highest BCUT2D eigenvalue weighted by Crippen LogP contribution is 2.33. The summed E-state index contributed by atoms with van der Waals surface area (Å²) in [5.41, 5.74) is 2.93. The Morgan fingerprint density at radius 3 is 2.84 bits per heavy atom. The van der Waals surface area contributed by atoms with Gasteiger partial charge in [0.05, 0.1) is 0 Å². The first-order valence-electron chi connectivity index (χ1n) is 7.84. The number of nitrogens with zero attached hydrogens (tertiary/aromatic N) is 1. The van der Waals surface area contributed by atoms with Crippen LogP contribution in [0.3, 0.4) is 0 Å². The number of likely N-dealkylation sites (tertiary alicyclic amines) is 1. The van der Waals surface area contributed by atoms with Gasteiger partial charge in [-0.1, -0.05) is 29.8 Å². The van der Waals surface area contributed by atoms with Crippen LogP contribution in [0.25, 0.3) is 0 Å². The normalized spacial score (nSPS) is 25.8. The Kier molecular flexibility index (Phi) is 4.19. The molecule has 104 valence electrons. The Morgan fingerprint density at radius 2 is 2.05 bits per heavy atom. The van der Waals surface area contributed by atoms with E-state index in [0.717, 1.165) is 5.92 Å². The van der Waals surface area contributed by atoms with Crippen LogP contribution in [-0.4, -0.2) is 31.1 Å². The van der Waals surface area contributed by atoms with Crippen LogP contribution in [0.5, 0.6) is 0 Å². The van der Waals surface area contributed by atoms with E-state index in [4.69, 9.17) is 0 Å². The van der Waals surface area contributed by atoms with Crippen molar-refractivity contribution in [3.8, 4) is 0 Å². The Hall–Kier alpha value is -0.860. The van der Waals surface area contributed by atoms with Crippen LogP contribution in [0.15, 0.2) is 24.3 Å². The number of benzene rings is 1. The lowest BCUT2D eigenvalue weighted by atomic mass is 9.96. The van der Waals surface area contributed by atoms with Gasteiger partial charge >= 0.3 is 0 Å². The highest BCUT2D eigenvalue weighted by Gasteiger charge is 2.28. The first-order chi connectivity index (χ1) is 9.33. The molecule has 0 saturated carbocycles. The van der Waals surface area contributed by atoms with Gasteiger partial charge in [-0.25, -0.2) is 0 Å². The zero-order valence-electron chi connectivity index (χ0n) is 12.1. The van der Waals surface area contributed by atoms with Gasteiger partial charge in [0, 0.05) is 12.6 Å². The number of hydrogen-bond donors (Lipinski definition) is 1. The molecule has 2 aliphatic heterocycles. The van der Waals surface area contributed by atoms with E-state index in [-0.39, 0.29) is 0 Å². The predicted molar refractivity (Wildman–Crippen MR) is 80.3 cm³/mol. The molecule has 2 nitrogen and oxygen atoms in total. The number of nitrogens with one attached hydrogen (secondary N) is 1. The van der Waals surface area contributed by atoms with Gasteiger partial charge in [0.1, 0.15) is 0 Å². The van der Waals surface area contributed by atoms with Gasteiger partial charge in [-0.2, -0.15) is 0 Å². The lowest BCUT2D eigenvalue weighted by Crippen LogP contribution is -2.36. The number of hydrogen-bond acceptors (Lipinski definition) is 2. The smallest absolute Gasteiger partial charge is 0.0348 e.